The van der Waals surface area contributed by atoms with E-state index in [0.717, 1.165) is 31.2 Å². The van der Waals surface area contributed by atoms with Crippen LogP contribution >= 0.6 is 0 Å². The molecule has 1 fully saturated rings. The van der Waals surface area contributed by atoms with Gasteiger partial charge in [0.2, 0.25) is 13.3 Å². The van der Waals surface area contributed by atoms with Crippen LogP contribution in [0.15, 0.2) is 4.52 Å². The number of nitrogens with zero attached hydrogens (tertiary/aromatic N) is 3. The number of aromatic nitrogens is 2. The minimum atomic E-state index is 0.418. The van der Waals surface area contributed by atoms with E-state index < -0.39 is 0 Å². The molecule has 2 rings (SSSR count). The van der Waals surface area contributed by atoms with Crippen molar-refractivity contribution in [2.24, 2.45) is 0 Å². The molecule has 1 unspecified atom stereocenters. The lowest BCUT2D eigenvalue weighted by atomic mass is 9.88. The van der Waals surface area contributed by atoms with Gasteiger partial charge in [-0.3, -0.25) is 0 Å². The third-order valence-electron chi connectivity index (χ3n) is 2.71. The lowest BCUT2D eigenvalue weighted by molar-refractivity contribution is 0.268. The molecule has 2 heterocycles. The molecule has 0 saturated carbocycles. The number of aryl methyl sites for hydroxylation is 1. The molecule has 5 heteroatoms. The van der Waals surface area contributed by atoms with Gasteiger partial charge in [-0.1, -0.05) is 12.0 Å². The first-order chi connectivity index (χ1) is 6.79. The van der Waals surface area contributed by atoms with Crippen molar-refractivity contribution < 1.29 is 4.52 Å². The van der Waals surface area contributed by atoms with Crippen molar-refractivity contribution in [2.45, 2.75) is 32.5 Å². The van der Waals surface area contributed by atoms with E-state index in [0.29, 0.717) is 5.92 Å². The summed E-state index contributed by atoms with van der Waals surface area (Å²) in [6.07, 6.45) is 2.36. The molecule has 0 spiro atoms. The first-order valence-corrected chi connectivity index (χ1v) is 5.13. The van der Waals surface area contributed by atoms with Gasteiger partial charge in [0.1, 0.15) is 0 Å². The Morgan fingerprint density at radius 3 is 3.07 bits per heavy atom. The quantitative estimate of drug-likeness (QED) is 0.660. The van der Waals surface area contributed by atoms with Crippen molar-refractivity contribution >= 4 is 7.41 Å². The largest absolute Gasteiger partial charge is 0.346 e. The van der Waals surface area contributed by atoms with Gasteiger partial charge < -0.3 is 9.33 Å². The Morgan fingerprint density at radius 2 is 2.43 bits per heavy atom. The Labute approximate surface area is 84.9 Å². The Kier molecular flexibility index (Phi) is 2.86. The summed E-state index contributed by atoms with van der Waals surface area (Å²) >= 11 is 0. The van der Waals surface area contributed by atoms with Crippen LogP contribution in [-0.2, 0) is 0 Å². The molecule has 1 aliphatic rings. The second-order valence-electron chi connectivity index (χ2n) is 3.77. The molecular formula is C9H15BN3O. The van der Waals surface area contributed by atoms with Crippen LogP contribution in [0.2, 0.25) is 6.82 Å². The third-order valence-corrected chi connectivity index (χ3v) is 2.71. The molecule has 0 aromatic carbocycles. The van der Waals surface area contributed by atoms with E-state index in [4.69, 9.17) is 4.52 Å². The molecule has 1 aromatic rings. The zero-order valence-electron chi connectivity index (χ0n) is 8.73. The zero-order valence-corrected chi connectivity index (χ0v) is 8.73. The molecule has 4 nitrogen and oxygen atoms in total. The van der Waals surface area contributed by atoms with Crippen molar-refractivity contribution in [3.63, 3.8) is 0 Å². The van der Waals surface area contributed by atoms with E-state index >= 15 is 0 Å². The van der Waals surface area contributed by atoms with E-state index in [1.807, 2.05) is 6.92 Å². The standard InChI is InChI=1S/C9H15BN3O/c1-7-11-9(14-12-7)8-4-3-5-13(6-8)10-2/h8H,3-6H2,1-2H3. The van der Waals surface area contributed by atoms with Crippen molar-refractivity contribution in [3.05, 3.63) is 11.7 Å². The number of rotatable bonds is 2. The molecule has 1 radical (unpaired) electrons. The summed E-state index contributed by atoms with van der Waals surface area (Å²) in [7, 11) is 2.13. The van der Waals surface area contributed by atoms with E-state index in [9.17, 15) is 0 Å². The number of hydrogen-bond donors (Lipinski definition) is 0. The summed E-state index contributed by atoms with van der Waals surface area (Å²) in [5, 5.41) is 3.83. The van der Waals surface area contributed by atoms with E-state index in [1.165, 1.54) is 6.42 Å². The fraction of sp³-hybridized carbons (Fsp3) is 0.778. The fourth-order valence-corrected chi connectivity index (χ4v) is 1.92. The van der Waals surface area contributed by atoms with Gasteiger partial charge in [0.05, 0.1) is 5.92 Å². The third kappa shape index (κ3) is 1.98. The van der Waals surface area contributed by atoms with Crippen LogP contribution in [0.25, 0.3) is 0 Å². The van der Waals surface area contributed by atoms with Crippen molar-refractivity contribution in [1.29, 1.82) is 0 Å². The van der Waals surface area contributed by atoms with Gasteiger partial charge in [-0.05, 0) is 32.9 Å². The maximum absolute atomic E-state index is 5.19. The number of hydrogen-bond acceptors (Lipinski definition) is 4. The molecule has 0 bridgehead atoms. The van der Waals surface area contributed by atoms with Gasteiger partial charge in [0, 0.05) is 0 Å². The molecule has 0 N–H and O–H groups in total. The average Bonchev–Trinajstić information content (AvgIpc) is 2.65. The monoisotopic (exact) mass is 192 g/mol. The van der Waals surface area contributed by atoms with E-state index in [1.54, 1.807) is 0 Å². The highest BCUT2D eigenvalue weighted by atomic mass is 16.5. The Bertz CT molecular complexity index is 302. The Morgan fingerprint density at radius 1 is 1.57 bits per heavy atom. The summed E-state index contributed by atoms with van der Waals surface area (Å²) < 4.78 is 5.19. The van der Waals surface area contributed by atoms with Crippen LogP contribution in [-0.4, -0.2) is 35.5 Å². The maximum Gasteiger partial charge on any atom is 0.230 e. The zero-order chi connectivity index (χ0) is 9.97. The van der Waals surface area contributed by atoms with Crippen LogP contribution in [0.4, 0.5) is 0 Å². The van der Waals surface area contributed by atoms with Crippen LogP contribution in [0.1, 0.15) is 30.5 Å². The van der Waals surface area contributed by atoms with Gasteiger partial charge in [-0.15, -0.1) is 0 Å². The summed E-state index contributed by atoms with van der Waals surface area (Å²) in [6.45, 7) is 6.10. The van der Waals surface area contributed by atoms with Crippen molar-refractivity contribution in [2.75, 3.05) is 13.1 Å². The smallest absolute Gasteiger partial charge is 0.230 e. The minimum Gasteiger partial charge on any atom is -0.346 e. The van der Waals surface area contributed by atoms with Crippen LogP contribution in [0.3, 0.4) is 0 Å². The fourth-order valence-electron chi connectivity index (χ4n) is 1.92. The molecule has 0 aliphatic carbocycles. The molecular weight excluding hydrogens is 177 g/mol. The van der Waals surface area contributed by atoms with Gasteiger partial charge >= 0.3 is 0 Å². The highest BCUT2D eigenvalue weighted by molar-refractivity contribution is 6.29. The summed E-state index contributed by atoms with van der Waals surface area (Å²) in [5.74, 6) is 1.95. The van der Waals surface area contributed by atoms with Gasteiger partial charge in [0.15, 0.2) is 5.82 Å². The minimum absolute atomic E-state index is 0.418. The Balaban J connectivity index is 2.04. The molecule has 1 atom stereocenters. The van der Waals surface area contributed by atoms with Crippen LogP contribution < -0.4 is 0 Å². The molecule has 14 heavy (non-hydrogen) atoms. The summed E-state index contributed by atoms with van der Waals surface area (Å²) in [4.78, 5) is 6.60. The molecule has 75 valence electrons. The Hall–Kier alpha value is -0.835. The molecule has 1 aliphatic heterocycles. The summed E-state index contributed by atoms with van der Waals surface area (Å²) in [5.41, 5.74) is 0. The SMILES string of the molecule is C[B]N1CCCC(c2nc(C)no2)C1. The lowest BCUT2D eigenvalue weighted by Crippen LogP contribution is -2.35. The van der Waals surface area contributed by atoms with E-state index in [2.05, 4.69) is 29.2 Å². The summed E-state index contributed by atoms with van der Waals surface area (Å²) in [6, 6.07) is 0. The van der Waals surface area contributed by atoms with E-state index in [-0.39, 0.29) is 0 Å². The normalized spacial score (nSPS) is 23.7. The van der Waals surface area contributed by atoms with Crippen LogP contribution in [0.5, 0.6) is 0 Å². The van der Waals surface area contributed by atoms with Gasteiger partial charge in [-0.25, -0.2) is 0 Å². The first kappa shape index (κ1) is 9.71. The highest BCUT2D eigenvalue weighted by Crippen LogP contribution is 2.24. The lowest BCUT2D eigenvalue weighted by Gasteiger charge is -2.29. The topological polar surface area (TPSA) is 42.2 Å². The van der Waals surface area contributed by atoms with Gasteiger partial charge in [0.25, 0.3) is 0 Å². The van der Waals surface area contributed by atoms with Crippen LogP contribution in [0, 0.1) is 6.92 Å². The molecule has 1 aromatic heterocycles. The average molecular weight is 192 g/mol. The highest BCUT2D eigenvalue weighted by Gasteiger charge is 2.24. The van der Waals surface area contributed by atoms with Gasteiger partial charge in [-0.2, -0.15) is 4.98 Å². The molecule has 1 saturated heterocycles. The first-order valence-electron chi connectivity index (χ1n) is 5.13. The maximum atomic E-state index is 5.19. The molecule has 0 amide bonds. The van der Waals surface area contributed by atoms with Crippen molar-refractivity contribution in [3.8, 4) is 0 Å². The second-order valence-corrected chi connectivity index (χ2v) is 3.77. The predicted molar refractivity (Wildman–Crippen MR) is 54.2 cm³/mol. The predicted octanol–water partition coefficient (Wildman–Crippen LogP) is 1.22. The van der Waals surface area contributed by atoms with Crippen molar-refractivity contribution in [1.82, 2.24) is 15.0 Å². The second kappa shape index (κ2) is 4.13. The number of piperidine rings is 1.